The number of methoxy groups -OCH3 is 1. The van der Waals surface area contributed by atoms with Crippen molar-refractivity contribution < 1.29 is 9.53 Å². The maximum Gasteiger partial charge on any atom is 0.258 e. The maximum absolute atomic E-state index is 12.7. The van der Waals surface area contributed by atoms with Crippen LogP contribution in [-0.2, 0) is 17.6 Å². The molecular formula is C25H29N3O3. The minimum absolute atomic E-state index is 0.143. The molecule has 0 atom stereocenters. The normalized spacial score (nSPS) is 14.7. The number of amides is 1. The first-order valence-electron chi connectivity index (χ1n) is 11.0. The minimum Gasteiger partial charge on any atom is -0.497 e. The van der Waals surface area contributed by atoms with Gasteiger partial charge in [0.15, 0.2) is 0 Å². The van der Waals surface area contributed by atoms with Gasteiger partial charge in [-0.05, 0) is 61.4 Å². The van der Waals surface area contributed by atoms with Gasteiger partial charge >= 0.3 is 0 Å². The van der Waals surface area contributed by atoms with Crippen LogP contribution < -0.4 is 10.3 Å². The molecule has 1 aliphatic heterocycles. The number of fused-ring (bicyclic) bond motifs is 1. The Morgan fingerprint density at radius 2 is 1.84 bits per heavy atom. The van der Waals surface area contributed by atoms with Gasteiger partial charge in [-0.1, -0.05) is 24.3 Å². The fraction of sp³-hybridized carbons (Fsp3) is 0.400. The number of aromatic amines is 1. The molecule has 1 aromatic heterocycles. The number of aryl methyl sites for hydroxylation is 2. The van der Waals surface area contributed by atoms with Crippen molar-refractivity contribution in [3.05, 3.63) is 70.3 Å². The number of para-hydroxylation sites is 1. The Morgan fingerprint density at radius 3 is 2.58 bits per heavy atom. The third-order valence-corrected chi connectivity index (χ3v) is 6.21. The van der Waals surface area contributed by atoms with Gasteiger partial charge in [0.1, 0.15) is 11.6 Å². The number of nitrogens with one attached hydrogen (secondary N) is 1. The van der Waals surface area contributed by atoms with Crippen molar-refractivity contribution >= 4 is 16.8 Å². The zero-order chi connectivity index (χ0) is 21.6. The topological polar surface area (TPSA) is 75.3 Å². The Labute approximate surface area is 182 Å². The van der Waals surface area contributed by atoms with Gasteiger partial charge in [-0.15, -0.1) is 0 Å². The summed E-state index contributed by atoms with van der Waals surface area (Å²) in [6, 6.07) is 15.5. The Balaban J connectivity index is 1.23. The molecule has 6 heteroatoms. The lowest BCUT2D eigenvalue weighted by Crippen LogP contribution is -2.38. The molecule has 0 bridgehead atoms. The number of rotatable bonds is 7. The summed E-state index contributed by atoms with van der Waals surface area (Å²) in [6.07, 6.45) is 5.13. The van der Waals surface area contributed by atoms with Gasteiger partial charge in [0.05, 0.1) is 18.0 Å². The highest BCUT2D eigenvalue weighted by atomic mass is 16.5. The summed E-state index contributed by atoms with van der Waals surface area (Å²) < 4.78 is 5.21. The zero-order valence-electron chi connectivity index (χ0n) is 18.0. The first-order valence-corrected chi connectivity index (χ1v) is 11.0. The van der Waals surface area contributed by atoms with Crippen molar-refractivity contribution in [2.75, 3.05) is 20.2 Å². The summed E-state index contributed by atoms with van der Waals surface area (Å²) in [5, 5.41) is 0.578. The minimum atomic E-state index is -0.147. The van der Waals surface area contributed by atoms with Crippen molar-refractivity contribution in [1.82, 2.24) is 14.9 Å². The molecule has 1 amide bonds. The van der Waals surface area contributed by atoms with Crippen molar-refractivity contribution in [3.8, 4) is 5.75 Å². The molecule has 4 rings (SSSR count). The zero-order valence-corrected chi connectivity index (χ0v) is 18.0. The number of hydrogen-bond acceptors (Lipinski definition) is 4. The van der Waals surface area contributed by atoms with Crippen LogP contribution in [0, 0.1) is 5.92 Å². The van der Waals surface area contributed by atoms with Crippen molar-refractivity contribution in [1.29, 1.82) is 0 Å². The molecule has 3 aromatic rings. The Hall–Kier alpha value is -3.15. The summed E-state index contributed by atoms with van der Waals surface area (Å²) in [7, 11) is 1.68. The molecule has 2 aromatic carbocycles. The molecule has 0 aliphatic carbocycles. The van der Waals surface area contributed by atoms with Crippen LogP contribution in [0.2, 0.25) is 0 Å². The van der Waals surface area contributed by atoms with Crippen LogP contribution in [-0.4, -0.2) is 41.0 Å². The summed E-state index contributed by atoms with van der Waals surface area (Å²) in [4.78, 5) is 34.1. The smallest absolute Gasteiger partial charge is 0.258 e. The molecule has 0 radical (unpaired) electrons. The fourth-order valence-electron chi connectivity index (χ4n) is 4.27. The second-order valence-electron chi connectivity index (χ2n) is 8.24. The lowest BCUT2D eigenvalue weighted by atomic mass is 9.90. The monoisotopic (exact) mass is 419 g/mol. The highest BCUT2D eigenvalue weighted by molar-refractivity contribution is 5.78. The fourth-order valence-corrected chi connectivity index (χ4v) is 4.27. The molecule has 31 heavy (non-hydrogen) atoms. The molecule has 1 aliphatic rings. The Morgan fingerprint density at radius 1 is 1.10 bits per heavy atom. The largest absolute Gasteiger partial charge is 0.497 e. The van der Waals surface area contributed by atoms with Crippen LogP contribution in [0.25, 0.3) is 10.9 Å². The highest BCUT2D eigenvalue weighted by Gasteiger charge is 2.22. The van der Waals surface area contributed by atoms with Crippen LogP contribution in [0.15, 0.2) is 53.3 Å². The van der Waals surface area contributed by atoms with E-state index in [9.17, 15) is 9.59 Å². The predicted molar refractivity (Wildman–Crippen MR) is 121 cm³/mol. The number of likely N-dealkylation sites (tertiary alicyclic amines) is 1. The van der Waals surface area contributed by atoms with E-state index in [0.717, 1.165) is 44.5 Å². The molecule has 2 heterocycles. The van der Waals surface area contributed by atoms with E-state index in [1.807, 2.05) is 35.2 Å². The number of hydrogen-bond donors (Lipinski definition) is 1. The summed E-state index contributed by atoms with van der Waals surface area (Å²) in [6.45, 7) is 1.63. The number of piperidine rings is 1. The number of benzene rings is 2. The van der Waals surface area contributed by atoms with Gasteiger partial charge in [-0.3, -0.25) is 9.59 Å². The van der Waals surface area contributed by atoms with Gasteiger partial charge in [0.2, 0.25) is 5.91 Å². The molecular weight excluding hydrogens is 390 g/mol. The van der Waals surface area contributed by atoms with E-state index in [4.69, 9.17) is 4.74 Å². The summed E-state index contributed by atoms with van der Waals surface area (Å²) in [5.41, 5.74) is 1.85. The Bertz CT molecular complexity index is 1080. The number of nitrogens with zero attached hydrogens (tertiary/aromatic N) is 2. The first kappa shape index (κ1) is 21.1. The maximum atomic E-state index is 12.7. The van der Waals surface area contributed by atoms with Gasteiger partial charge in [0, 0.05) is 25.9 Å². The molecule has 0 spiro atoms. The number of aromatic nitrogens is 2. The second kappa shape index (κ2) is 9.77. The first-order chi connectivity index (χ1) is 15.1. The van der Waals surface area contributed by atoms with E-state index in [1.54, 1.807) is 13.2 Å². The SMILES string of the molecule is COc1ccc(CCC2CCN(C(=O)CCc3nc4ccccc4c(=O)[nH]3)CC2)cc1. The molecule has 0 saturated carbocycles. The second-order valence-corrected chi connectivity index (χ2v) is 8.24. The van der Waals surface area contributed by atoms with Crippen molar-refractivity contribution in [2.45, 2.75) is 38.5 Å². The quantitative estimate of drug-likeness (QED) is 0.633. The van der Waals surface area contributed by atoms with Crippen LogP contribution in [0.3, 0.4) is 0 Å². The molecule has 0 unspecified atom stereocenters. The molecule has 1 saturated heterocycles. The average molecular weight is 420 g/mol. The van der Waals surface area contributed by atoms with E-state index in [0.29, 0.717) is 35.5 Å². The van der Waals surface area contributed by atoms with E-state index in [1.165, 1.54) is 5.56 Å². The van der Waals surface area contributed by atoms with Crippen LogP contribution in [0.1, 0.15) is 37.1 Å². The lowest BCUT2D eigenvalue weighted by molar-refractivity contribution is -0.132. The average Bonchev–Trinajstić information content (AvgIpc) is 2.82. The molecule has 1 N–H and O–H groups in total. The number of ether oxygens (including phenoxy) is 1. The third-order valence-electron chi connectivity index (χ3n) is 6.21. The number of H-pyrrole nitrogens is 1. The lowest BCUT2D eigenvalue weighted by Gasteiger charge is -2.32. The molecule has 162 valence electrons. The highest BCUT2D eigenvalue weighted by Crippen LogP contribution is 2.23. The van der Waals surface area contributed by atoms with Crippen LogP contribution in [0.5, 0.6) is 5.75 Å². The number of carbonyl (C=O) groups excluding carboxylic acids is 1. The van der Waals surface area contributed by atoms with Crippen molar-refractivity contribution in [2.24, 2.45) is 5.92 Å². The Kier molecular flexibility index (Phi) is 6.65. The van der Waals surface area contributed by atoms with E-state index in [2.05, 4.69) is 22.1 Å². The van der Waals surface area contributed by atoms with Gasteiger partial charge < -0.3 is 14.6 Å². The van der Waals surface area contributed by atoms with Crippen molar-refractivity contribution in [3.63, 3.8) is 0 Å². The molecule has 1 fully saturated rings. The van der Waals surface area contributed by atoms with Gasteiger partial charge in [-0.2, -0.15) is 0 Å². The predicted octanol–water partition coefficient (Wildman–Crippen LogP) is 3.74. The third kappa shape index (κ3) is 5.32. The molecule has 6 nitrogen and oxygen atoms in total. The standard InChI is InChI=1S/C25H29N3O3/c1-31-20-10-8-18(9-11-20)6-7-19-14-16-28(17-15-19)24(29)13-12-23-26-22-5-3-2-4-21(22)25(30)27-23/h2-5,8-11,19H,6-7,12-17H2,1H3,(H,26,27,30). The number of carbonyl (C=O) groups is 1. The summed E-state index contributed by atoms with van der Waals surface area (Å²) in [5.74, 6) is 2.26. The van der Waals surface area contributed by atoms with E-state index in [-0.39, 0.29) is 11.5 Å². The van der Waals surface area contributed by atoms with Gasteiger partial charge in [-0.25, -0.2) is 4.98 Å². The van der Waals surface area contributed by atoms with Gasteiger partial charge in [0.25, 0.3) is 5.56 Å². The van der Waals surface area contributed by atoms with E-state index >= 15 is 0 Å². The summed E-state index contributed by atoms with van der Waals surface area (Å²) >= 11 is 0. The van der Waals surface area contributed by atoms with Crippen LogP contribution in [0.4, 0.5) is 0 Å². The van der Waals surface area contributed by atoms with Crippen LogP contribution >= 0.6 is 0 Å². The van der Waals surface area contributed by atoms with E-state index < -0.39 is 0 Å².